The zero-order valence-electron chi connectivity index (χ0n) is 11.2. The first-order chi connectivity index (χ1) is 9.06. The Labute approximate surface area is 122 Å². The van der Waals surface area contributed by atoms with Crippen molar-refractivity contribution in [1.82, 2.24) is 10.2 Å². The Morgan fingerprint density at radius 2 is 2.00 bits per heavy atom. The molecule has 2 rings (SSSR count). The van der Waals surface area contributed by atoms with Crippen LogP contribution in [0.2, 0.25) is 0 Å². The summed E-state index contributed by atoms with van der Waals surface area (Å²) >= 11 is 0. The van der Waals surface area contributed by atoms with E-state index in [9.17, 15) is 13.6 Å². The van der Waals surface area contributed by atoms with Crippen LogP contribution in [0.25, 0.3) is 0 Å². The van der Waals surface area contributed by atoms with Crippen molar-refractivity contribution >= 4 is 24.0 Å². The van der Waals surface area contributed by atoms with E-state index < -0.39 is 11.6 Å². The number of nitrogens with zero attached hydrogens (tertiary/aromatic N) is 1. The fraction of sp³-hybridized carbons (Fsp3) is 0.462. The fourth-order valence-corrected chi connectivity index (χ4v) is 2.24. The van der Waals surface area contributed by atoms with Crippen LogP contribution in [0.1, 0.15) is 6.42 Å². The monoisotopic (exact) mass is 305 g/mol. The van der Waals surface area contributed by atoms with E-state index in [0.717, 1.165) is 37.7 Å². The Balaban J connectivity index is 0.00000200. The summed E-state index contributed by atoms with van der Waals surface area (Å²) in [5.41, 5.74) is 0.145. The van der Waals surface area contributed by atoms with Gasteiger partial charge in [0.2, 0.25) is 5.91 Å². The van der Waals surface area contributed by atoms with Gasteiger partial charge in [0.1, 0.15) is 11.6 Å². The van der Waals surface area contributed by atoms with Gasteiger partial charge >= 0.3 is 0 Å². The number of carbonyl (C=O) groups is 1. The second-order valence-corrected chi connectivity index (χ2v) is 4.72. The van der Waals surface area contributed by atoms with Crippen LogP contribution in [0.15, 0.2) is 18.2 Å². The Morgan fingerprint density at radius 3 is 2.55 bits per heavy atom. The first kappa shape index (κ1) is 16.8. The highest BCUT2D eigenvalue weighted by molar-refractivity contribution is 5.92. The zero-order valence-corrected chi connectivity index (χ0v) is 12.0. The van der Waals surface area contributed by atoms with Gasteiger partial charge in [-0.3, -0.25) is 9.69 Å². The predicted molar refractivity (Wildman–Crippen MR) is 76.1 cm³/mol. The molecular weight excluding hydrogens is 288 g/mol. The van der Waals surface area contributed by atoms with Crippen LogP contribution in [0.4, 0.5) is 14.5 Å². The van der Waals surface area contributed by atoms with Crippen LogP contribution in [0.3, 0.4) is 0 Å². The highest BCUT2D eigenvalue weighted by atomic mass is 35.5. The van der Waals surface area contributed by atoms with Crippen molar-refractivity contribution < 1.29 is 13.6 Å². The molecule has 4 nitrogen and oxygen atoms in total. The third kappa shape index (κ3) is 4.70. The van der Waals surface area contributed by atoms with Gasteiger partial charge in [-0.15, -0.1) is 12.4 Å². The summed E-state index contributed by atoms with van der Waals surface area (Å²) in [4.78, 5) is 13.8. The number of amides is 1. The Hall–Kier alpha value is -1.24. The molecule has 0 spiro atoms. The first-order valence-electron chi connectivity index (χ1n) is 6.22. The van der Waals surface area contributed by atoms with E-state index in [1.54, 1.807) is 0 Å². The van der Waals surface area contributed by atoms with Crippen LogP contribution >= 0.6 is 12.4 Å². The van der Waals surface area contributed by atoms with E-state index >= 15 is 0 Å². The molecule has 1 fully saturated rings. The van der Waals surface area contributed by atoms with Gasteiger partial charge in [-0.05, 0) is 25.6 Å². The standard InChI is InChI=1S/C13H17F2N3O.ClH/c1-16-11-2-3-18(7-11)8-13(19)17-12-5-9(14)4-10(15)6-12;/h4-6,11,16H,2-3,7-8H2,1H3,(H,17,19);1H. The van der Waals surface area contributed by atoms with Crippen LogP contribution in [0, 0.1) is 11.6 Å². The van der Waals surface area contributed by atoms with Gasteiger partial charge in [-0.1, -0.05) is 0 Å². The lowest BCUT2D eigenvalue weighted by Gasteiger charge is -2.15. The number of benzene rings is 1. The average Bonchev–Trinajstić information content (AvgIpc) is 2.74. The second kappa shape index (κ2) is 7.52. The van der Waals surface area contributed by atoms with E-state index in [-0.39, 0.29) is 30.5 Å². The minimum absolute atomic E-state index is 0. The number of likely N-dealkylation sites (tertiary alicyclic amines) is 1. The smallest absolute Gasteiger partial charge is 0.238 e. The van der Waals surface area contributed by atoms with Crippen LogP contribution in [-0.4, -0.2) is 43.5 Å². The molecule has 20 heavy (non-hydrogen) atoms. The van der Waals surface area contributed by atoms with Crippen LogP contribution in [0.5, 0.6) is 0 Å². The summed E-state index contributed by atoms with van der Waals surface area (Å²) in [6, 6.07) is 3.37. The number of hydrogen-bond donors (Lipinski definition) is 2. The summed E-state index contributed by atoms with van der Waals surface area (Å²) in [5.74, 6) is -1.67. The number of anilines is 1. The Kier molecular flexibility index (Phi) is 6.32. The van der Waals surface area contributed by atoms with Crippen molar-refractivity contribution in [3.63, 3.8) is 0 Å². The molecule has 1 amide bonds. The second-order valence-electron chi connectivity index (χ2n) is 4.72. The van der Waals surface area contributed by atoms with E-state index in [2.05, 4.69) is 10.6 Å². The maximum Gasteiger partial charge on any atom is 0.238 e. The minimum Gasteiger partial charge on any atom is -0.325 e. The molecule has 0 saturated carbocycles. The maximum absolute atomic E-state index is 13.0. The van der Waals surface area contributed by atoms with E-state index in [4.69, 9.17) is 0 Å². The normalized spacial score (nSPS) is 18.6. The van der Waals surface area contributed by atoms with Crippen molar-refractivity contribution in [3.05, 3.63) is 29.8 Å². The molecule has 1 unspecified atom stereocenters. The number of carbonyl (C=O) groups excluding carboxylic acids is 1. The third-order valence-electron chi connectivity index (χ3n) is 3.19. The molecular formula is C13H18ClF2N3O. The van der Waals surface area contributed by atoms with E-state index in [0.29, 0.717) is 6.04 Å². The Bertz CT molecular complexity index is 453. The van der Waals surface area contributed by atoms with Crippen LogP contribution in [-0.2, 0) is 4.79 Å². The quantitative estimate of drug-likeness (QED) is 0.888. The fourth-order valence-electron chi connectivity index (χ4n) is 2.24. The van der Waals surface area contributed by atoms with Crippen molar-refractivity contribution in [2.75, 3.05) is 32.0 Å². The van der Waals surface area contributed by atoms with Crippen molar-refractivity contribution in [1.29, 1.82) is 0 Å². The van der Waals surface area contributed by atoms with E-state index in [1.165, 1.54) is 0 Å². The zero-order chi connectivity index (χ0) is 13.8. The molecule has 0 radical (unpaired) electrons. The predicted octanol–water partition coefficient (Wildman–Crippen LogP) is 1.62. The molecule has 0 aromatic heterocycles. The molecule has 112 valence electrons. The lowest BCUT2D eigenvalue weighted by Crippen LogP contribution is -2.34. The molecule has 1 aliphatic rings. The Morgan fingerprint density at radius 1 is 1.35 bits per heavy atom. The average molecular weight is 306 g/mol. The van der Waals surface area contributed by atoms with Gasteiger partial charge in [-0.25, -0.2) is 8.78 Å². The molecule has 1 atom stereocenters. The van der Waals surface area contributed by atoms with Crippen molar-refractivity contribution in [2.45, 2.75) is 12.5 Å². The van der Waals surface area contributed by atoms with Gasteiger partial charge in [-0.2, -0.15) is 0 Å². The van der Waals surface area contributed by atoms with E-state index in [1.807, 2.05) is 11.9 Å². The molecule has 1 saturated heterocycles. The number of nitrogens with one attached hydrogen (secondary N) is 2. The molecule has 0 aliphatic carbocycles. The van der Waals surface area contributed by atoms with Gasteiger partial charge in [0.15, 0.2) is 0 Å². The number of likely N-dealkylation sites (N-methyl/N-ethyl adjacent to an activating group) is 1. The lowest BCUT2D eigenvalue weighted by atomic mass is 10.3. The summed E-state index contributed by atoms with van der Waals surface area (Å²) < 4.78 is 25.9. The molecule has 1 aromatic carbocycles. The number of halogens is 3. The number of hydrogen-bond acceptors (Lipinski definition) is 3. The van der Waals surface area contributed by atoms with Crippen molar-refractivity contribution in [2.24, 2.45) is 0 Å². The van der Waals surface area contributed by atoms with Gasteiger partial charge in [0, 0.05) is 30.9 Å². The molecule has 7 heteroatoms. The number of rotatable bonds is 4. The molecule has 1 heterocycles. The first-order valence-corrected chi connectivity index (χ1v) is 6.22. The lowest BCUT2D eigenvalue weighted by molar-refractivity contribution is -0.117. The highest BCUT2D eigenvalue weighted by Gasteiger charge is 2.22. The minimum atomic E-state index is -0.702. The summed E-state index contributed by atoms with van der Waals surface area (Å²) in [6.07, 6.45) is 0.998. The summed E-state index contributed by atoms with van der Waals surface area (Å²) in [6.45, 7) is 1.88. The topological polar surface area (TPSA) is 44.4 Å². The SMILES string of the molecule is CNC1CCN(CC(=O)Nc2cc(F)cc(F)c2)C1.Cl. The van der Waals surface area contributed by atoms with Gasteiger partial charge < -0.3 is 10.6 Å². The molecule has 1 aliphatic heterocycles. The molecule has 0 bridgehead atoms. The van der Waals surface area contributed by atoms with Gasteiger partial charge in [0.25, 0.3) is 0 Å². The summed E-state index contributed by atoms with van der Waals surface area (Å²) in [5, 5.41) is 5.66. The third-order valence-corrected chi connectivity index (χ3v) is 3.19. The van der Waals surface area contributed by atoms with Gasteiger partial charge in [0.05, 0.1) is 6.54 Å². The molecule has 2 N–H and O–H groups in total. The summed E-state index contributed by atoms with van der Waals surface area (Å²) in [7, 11) is 1.89. The molecule has 1 aromatic rings. The highest BCUT2D eigenvalue weighted by Crippen LogP contribution is 2.13. The van der Waals surface area contributed by atoms with Crippen LogP contribution < -0.4 is 10.6 Å². The largest absolute Gasteiger partial charge is 0.325 e. The maximum atomic E-state index is 13.0. The van der Waals surface area contributed by atoms with Crippen molar-refractivity contribution in [3.8, 4) is 0 Å².